The first-order chi connectivity index (χ1) is 8.59. The average molecular weight is 254 g/mol. The number of hydrogen-bond acceptors (Lipinski definition) is 5. The van der Waals surface area contributed by atoms with Gasteiger partial charge in [0.15, 0.2) is 6.29 Å². The largest absolute Gasteiger partial charge is 0.388 e. The molecular formula is C13H18O5. The molecule has 1 aliphatic rings. The Balaban J connectivity index is 1.98. The normalized spacial score (nSPS) is 36.6. The van der Waals surface area contributed by atoms with Crippen molar-refractivity contribution in [2.24, 2.45) is 0 Å². The maximum Gasteiger partial charge on any atom is 0.183 e. The van der Waals surface area contributed by atoms with Crippen molar-refractivity contribution in [3.63, 3.8) is 0 Å². The van der Waals surface area contributed by atoms with Crippen LogP contribution in [0.5, 0.6) is 0 Å². The van der Waals surface area contributed by atoms with E-state index in [1.807, 2.05) is 30.3 Å². The third kappa shape index (κ3) is 2.88. The summed E-state index contributed by atoms with van der Waals surface area (Å²) >= 11 is 0. The molecule has 0 saturated carbocycles. The molecule has 0 aliphatic carbocycles. The van der Waals surface area contributed by atoms with Crippen LogP contribution in [0.2, 0.25) is 0 Å². The van der Waals surface area contributed by atoms with Gasteiger partial charge in [0.1, 0.15) is 18.3 Å². The number of rotatable bonds is 3. The maximum absolute atomic E-state index is 9.88. The fourth-order valence-corrected chi connectivity index (χ4v) is 1.98. The van der Waals surface area contributed by atoms with Gasteiger partial charge in [-0.3, -0.25) is 0 Å². The summed E-state index contributed by atoms with van der Waals surface area (Å²) in [6, 6.07) is 9.43. The third-order valence-corrected chi connectivity index (χ3v) is 3.09. The summed E-state index contributed by atoms with van der Waals surface area (Å²) in [6.45, 7) is 1.89. The van der Waals surface area contributed by atoms with Crippen LogP contribution in [-0.4, -0.2) is 46.0 Å². The monoisotopic (exact) mass is 254 g/mol. The van der Waals surface area contributed by atoms with Crippen LogP contribution in [0.15, 0.2) is 30.3 Å². The van der Waals surface area contributed by atoms with Crippen molar-refractivity contribution >= 4 is 0 Å². The van der Waals surface area contributed by atoms with Crippen molar-refractivity contribution in [2.75, 3.05) is 0 Å². The van der Waals surface area contributed by atoms with Crippen LogP contribution in [0.3, 0.4) is 0 Å². The van der Waals surface area contributed by atoms with E-state index in [-0.39, 0.29) is 6.61 Å². The molecule has 5 atom stereocenters. The molecule has 0 amide bonds. The second-order valence-corrected chi connectivity index (χ2v) is 4.47. The van der Waals surface area contributed by atoms with E-state index in [0.717, 1.165) is 5.56 Å². The van der Waals surface area contributed by atoms with Gasteiger partial charge in [0.25, 0.3) is 0 Å². The topological polar surface area (TPSA) is 79.2 Å². The van der Waals surface area contributed by atoms with Gasteiger partial charge in [-0.25, -0.2) is 0 Å². The molecule has 0 spiro atoms. The number of hydrogen-bond donors (Lipinski definition) is 3. The van der Waals surface area contributed by atoms with E-state index < -0.39 is 30.7 Å². The third-order valence-electron chi connectivity index (χ3n) is 3.09. The zero-order valence-corrected chi connectivity index (χ0v) is 10.1. The lowest BCUT2D eigenvalue weighted by Crippen LogP contribution is -2.57. The Morgan fingerprint density at radius 1 is 1.11 bits per heavy atom. The van der Waals surface area contributed by atoms with Crippen LogP contribution in [0.4, 0.5) is 0 Å². The molecule has 0 bridgehead atoms. The van der Waals surface area contributed by atoms with Crippen LogP contribution in [-0.2, 0) is 16.1 Å². The van der Waals surface area contributed by atoms with E-state index in [4.69, 9.17) is 9.47 Å². The van der Waals surface area contributed by atoms with Crippen molar-refractivity contribution in [3.8, 4) is 0 Å². The smallest absolute Gasteiger partial charge is 0.183 e. The molecule has 5 heteroatoms. The molecule has 5 nitrogen and oxygen atoms in total. The fourth-order valence-electron chi connectivity index (χ4n) is 1.98. The predicted molar refractivity (Wildman–Crippen MR) is 63.6 cm³/mol. The summed E-state index contributed by atoms with van der Waals surface area (Å²) in [7, 11) is 0. The van der Waals surface area contributed by atoms with Gasteiger partial charge in [-0.2, -0.15) is 0 Å². The minimum atomic E-state index is -1.33. The number of aliphatic hydroxyl groups is 3. The first-order valence-electron chi connectivity index (χ1n) is 5.95. The van der Waals surface area contributed by atoms with Gasteiger partial charge in [0.05, 0.1) is 12.7 Å². The van der Waals surface area contributed by atoms with E-state index in [1.54, 1.807) is 6.92 Å². The summed E-state index contributed by atoms with van der Waals surface area (Å²) in [5.41, 5.74) is 0.936. The average Bonchev–Trinajstić information content (AvgIpc) is 2.38. The van der Waals surface area contributed by atoms with Crippen molar-refractivity contribution in [1.29, 1.82) is 0 Å². The molecule has 1 fully saturated rings. The maximum atomic E-state index is 9.88. The lowest BCUT2D eigenvalue weighted by atomic mass is 10.00. The Kier molecular flexibility index (Phi) is 4.31. The fraction of sp³-hybridized carbons (Fsp3) is 0.538. The predicted octanol–water partition coefficient (Wildman–Crippen LogP) is 0.0307. The van der Waals surface area contributed by atoms with E-state index in [1.165, 1.54) is 0 Å². The molecule has 1 saturated heterocycles. The summed E-state index contributed by atoms with van der Waals surface area (Å²) in [5, 5.41) is 29.1. The first-order valence-corrected chi connectivity index (χ1v) is 5.95. The minimum absolute atomic E-state index is 0.263. The quantitative estimate of drug-likeness (QED) is 0.709. The molecule has 1 aromatic carbocycles. The Bertz CT molecular complexity index is 355. The lowest BCUT2D eigenvalue weighted by Gasteiger charge is -2.39. The number of ether oxygens (including phenoxy) is 2. The Morgan fingerprint density at radius 3 is 2.44 bits per heavy atom. The van der Waals surface area contributed by atoms with E-state index in [0.29, 0.717) is 0 Å². The van der Waals surface area contributed by atoms with Crippen molar-refractivity contribution in [2.45, 2.75) is 44.2 Å². The van der Waals surface area contributed by atoms with Gasteiger partial charge in [-0.05, 0) is 12.5 Å². The number of benzene rings is 1. The summed E-state index contributed by atoms with van der Waals surface area (Å²) in [6.07, 6.45) is -4.98. The highest BCUT2D eigenvalue weighted by Gasteiger charge is 2.42. The van der Waals surface area contributed by atoms with E-state index in [9.17, 15) is 15.3 Å². The van der Waals surface area contributed by atoms with Gasteiger partial charge < -0.3 is 24.8 Å². The molecule has 100 valence electrons. The highest BCUT2D eigenvalue weighted by molar-refractivity contribution is 5.13. The number of aliphatic hydroxyl groups excluding tert-OH is 3. The molecule has 2 rings (SSSR count). The zero-order valence-electron chi connectivity index (χ0n) is 10.1. The van der Waals surface area contributed by atoms with Crippen LogP contribution in [0.25, 0.3) is 0 Å². The molecule has 0 unspecified atom stereocenters. The van der Waals surface area contributed by atoms with Crippen molar-refractivity contribution < 1.29 is 24.8 Å². The van der Waals surface area contributed by atoms with E-state index in [2.05, 4.69) is 0 Å². The Labute approximate surface area is 106 Å². The first kappa shape index (κ1) is 13.5. The minimum Gasteiger partial charge on any atom is -0.388 e. The molecule has 0 radical (unpaired) electrons. The van der Waals surface area contributed by atoms with Crippen molar-refractivity contribution in [3.05, 3.63) is 35.9 Å². The molecular weight excluding hydrogens is 236 g/mol. The molecule has 0 aromatic heterocycles. The van der Waals surface area contributed by atoms with Crippen LogP contribution in [0, 0.1) is 0 Å². The molecule has 18 heavy (non-hydrogen) atoms. The zero-order chi connectivity index (χ0) is 13.1. The van der Waals surface area contributed by atoms with Crippen LogP contribution < -0.4 is 0 Å². The lowest BCUT2D eigenvalue weighted by molar-refractivity contribution is -0.287. The van der Waals surface area contributed by atoms with Gasteiger partial charge in [0.2, 0.25) is 0 Å². The van der Waals surface area contributed by atoms with E-state index >= 15 is 0 Å². The van der Waals surface area contributed by atoms with Gasteiger partial charge in [-0.1, -0.05) is 30.3 Å². The standard InChI is InChI=1S/C13H18O5/c1-8-10(14)12(11(15)13(16)18-8)17-7-9-5-3-2-4-6-9/h2-6,8,10-16H,7H2,1H3/t8-,10+,11-,12+,13+/m0/s1. The summed E-state index contributed by atoms with van der Waals surface area (Å²) in [4.78, 5) is 0. The second-order valence-electron chi connectivity index (χ2n) is 4.47. The van der Waals surface area contributed by atoms with Crippen LogP contribution in [0.1, 0.15) is 12.5 Å². The molecule has 1 aliphatic heterocycles. The summed E-state index contributed by atoms with van der Waals surface area (Å²) < 4.78 is 10.5. The SMILES string of the molecule is C[C@@H]1O[C@@H](O)[C@@H](O)[C@H](OCc2ccccc2)[C@@H]1O. The molecule has 1 heterocycles. The Morgan fingerprint density at radius 2 is 1.78 bits per heavy atom. The summed E-state index contributed by atoms with van der Waals surface area (Å²) in [5.74, 6) is 0. The van der Waals surface area contributed by atoms with Crippen LogP contribution >= 0.6 is 0 Å². The molecule has 3 N–H and O–H groups in total. The second kappa shape index (κ2) is 5.77. The van der Waals surface area contributed by atoms with Gasteiger partial charge >= 0.3 is 0 Å². The molecule has 1 aromatic rings. The Hall–Kier alpha value is -0.980. The highest BCUT2D eigenvalue weighted by atomic mass is 16.6. The van der Waals surface area contributed by atoms with Crippen molar-refractivity contribution in [1.82, 2.24) is 0 Å². The van der Waals surface area contributed by atoms with Gasteiger partial charge in [0, 0.05) is 0 Å². The van der Waals surface area contributed by atoms with Gasteiger partial charge in [-0.15, -0.1) is 0 Å². The highest BCUT2D eigenvalue weighted by Crippen LogP contribution is 2.23.